The van der Waals surface area contributed by atoms with Crippen molar-refractivity contribution in [1.29, 1.82) is 0 Å². The van der Waals surface area contributed by atoms with Crippen LogP contribution in [0.3, 0.4) is 0 Å². The van der Waals surface area contributed by atoms with E-state index in [0.717, 1.165) is 24.8 Å². The van der Waals surface area contributed by atoms with Gasteiger partial charge in [-0.3, -0.25) is 4.79 Å². The highest BCUT2D eigenvalue weighted by molar-refractivity contribution is 5.96. The Bertz CT molecular complexity index is 648. The summed E-state index contributed by atoms with van der Waals surface area (Å²) in [6, 6.07) is 5.74. The number of hydrogen-bond acceptors (Lipinski definition) is 3. The summed E-state index contributed by atoms with van der Waals surface area (Å²) in [7, 11) is 0. The molecule has 128 valence electrons. The topological polar surface area (TPSA) is 86.6 Å². The molecule has 0 bridgehead atoms. The first-order valence-electron chi connectivity index (χ1n) is 8.33. The number of aliphatic carboxylic acids is 1. The molecule has 0 spiro atoms. The normalized spacial score (nSPS) is 17.2. The molecule has 1 aliphatic rings. The van der Waals surface area contributed by atoms with Crippen LogP contribution >= 0.6 is 0 Å². The Labute approximate surface area is 142 Å². The lowest BCUT2D eigenvalue weighted by molar-refractivity contribution is -0.139. The lowest BCUT2D eigenvalue weighted by Crippen LogP contribution is -2.40. The van der Waals surface area contributed by atoms with Crippen LogP contribution in [0.25, 0.3) is 0 Å². The van der Waals surface area contributed by atoms with Crippen molar-refractivity contribution in [2.75, 3.05) is 0 Å². The smallest absolute Gasteiger partial charge is 0.326 e. The average Bonchev–Trinajstić information content (AvgIpc) is 2.58. The first-order chi connectivity index (χ1) is 11.4. The molecular weight excluding hydrogens is 306 g/mol. The molecule has 1 aliphatic carbocycles. The SMILES string of the molecule is CC[C@@H](NC(=O)c1ccc(C#CC2(O)CCCCC2)cc1)C(=O)O. The van der Waals surface area contributed by atoms with E-state index in [-0.39, 0.29) is 0 Å². The van der Waals surface area contributed by atoms with Crippen molar-refractivity contribution in [3.63, 3.8) is 0 Å². The molecule has 1 atom stereocenters. The molecule has 1 aromatic carbocycles. The van der Waals surface area contributed by atoms with Crippen LogP contribution in [0.1, 0.15) is 61.4 Å². The Morgan fingerprint density at radius 2 is 1.83 bits per heavy atom. The highest BCUT2D eigenvalue weighted by Crippen LogP contribution is 2.27. The first kappa shape index (κ1) is 18.0. The van der Waals surface area contributed by atoms with Crippen LogP contribution < -0.4 is 5.32 Å². The zero-order chi connectivity index (χ0) is 17.6. The highest BCUT2D eigenvalue weighted by Gasteiger charge is 2.26. The van der Waals surface area contributed by atoms with Crippen molar-refractivity contribution in [2.45, 2.75) is 57.1 Å². The number of hydrogen-bond donors (Lipinski definition) is 3. The van der Waals surface area contributed by atoms with Crippen molar-refractivity contribution in [2.24, 2.45) is 0 Å². The molecule has 1 fully saturated rings. The predicted octanol–water partition coefficient (Wildman–Crippen LogP) is 2.33. The van der Waals surface area contributed by atoms with Crippen molar-refractivity contribution in [3.05, 3.63) is 35.4 Å². The van der Waals surface area contributed by atoms with Gasteiger partial charge in [-0.25, -0.2) is 4.79 Å². The van der Waals surface area contributed by atoms with E-state index in [9.17, 15) is 14.7 Å². The second-order valence-corrected chi connectivity index (χ2v) is 6.19. The molecule has 5 nitrogen and oxygen atoms in total. The van der Waals surface area contributed by atoms with Gasteiger partial charge in [0.05, 0.1) is 0 Å². The van der Waals surface area contributed by atoms with Gasteiger partial charge in [-0.05, 0) is 56.4 Å². The van der Waals surface area contributed by atoms with Gasteiger partial charge in [0.15, 0.2) is 0 Å². The van der Waals surface area contributed by atoms with Crippen LogP contribution in [-0.2, 0) is 4.79 Å². The number of benzene rings is 1. The third-order valence-electron chi connectivity index (χ3n) is 4.28. The fourth-order valence-electron chi connectivity index (χ4n) is 2.74. The average molecular weight is 329 g/mol. The lowest BCUT2D eigenvalue weighted by Gasteiger charge is -2.26. The van der Waals surface area contributed by atoms with E-state index in [1.807, 2.05) is 0 Å². The minimum absolute atomic E-state index is 0.323. The van der Waals surface area contributed by atoms with Crippen molar-refractivity contribution >= 4 is 11.9 Å². The second kappa shape index (κ2) is 7.98. The van der Waals surface area contributed by atoms with Crippen molar-refractivity contribution in [3.8, 4) is 11.8 Å². The Kier molecular flexibility index (Phi) is 5.99. The minimum Gasteiger partial charge on any atom is -0.480 e. The maximum atomic E-state index is 12.0. The molecule has 3 N–H and O–H groups in total. The standard InChI is InChI=1S/C19H23NO4/c1-2-16(18(22)23)20-17(21)15-8-6-14(7-9-15)10-13-19(24)11-4-3-5-12-19/h6-9,16,24H,2-5,11-12H2,1H3,(H,20,21)(H,22,23)/t16-/m1/s1. The van der Waals surface area contributed by atoms with Gasteiger partial charge in [-0.15, -0.1) is 0 Å². The fraction of sp³-hybridized carbons (Fsp3) is 0.474. The number of carboxylic acids is 1. The molecule has 0 saturated heterocycles. The number of carbonyl (C=O) groups is 2. The van der Waals surface area contributed by atoms with E-state index < -0.39 is 23.5 Å². The first-order valence-corrected chi connectivity index (χ1v) is 8.33. The molecule has 1 aromatic rings. The van der Waals surface area contributed by atoms with Crippen LogP contribution in [-0.4, -0.2) is 33.7 Å². The van der Waals surface area contributed by atoms with Gasteiger partial charge in [0.1, 0.15) is 11.6 Å². The van der Waals surface area contributed by atoms with E-state index in [2.05, 4.69) is 17.2 Å². The Morgan fingerprint density at radius 3 is 2.38 bits per heavy atom. The number of carboxylic acid groups (broad SMARTS) is 1. The zero-order valence-corrected chi connectivity index (χ0v) is 13.8. The zero-order valence-electron chi connectivity index (χ0n) is 13.8. The fourth-order valence-corrected chi connectivity index (χ4v) is 2.74. The van der Waals surface area contributed by atoms with Crippen LogP contribution in [0.5, 0.6) is 0 Å². The summed E-state index contributed by atoms with van der Waals surface area (Å²) in [6.07, 6.45) is 4.85. The quantitative estimate of drug-likeness (QED) is 0.740. The van der Waals surface area contributed by atoms with Gasteiger partial charge in [0.25, 0.3) is 5.91 Å². The highest BCUT2D eigenvalue weighted by atomic mass is 16.4. The summed E-state index contributed by atoms with van der Waals surface area (Å²) in [5.41, 5.74) is 0.205. The number of nitrogens with one attached hydrogen (secondary N) is 1. The van der Waals surface area contributed by atoms with E-state index in [1.54, 1.807) is 31.2 Å². The minimum atomic E-state index is -1.05. The molecular formula is C19H23NO4. The van der Waals surface area contributed by atoms with Gasteiger partial charge in [0.2, 0.25) is 0 Å². The van der Waals surface area contributed by atoms with E-state index in [0.29, 0.717) is 24.8 Å². The molecule has 0 unspecified atom stereocenters. The third kappa shape index (κ3) is 4.84. The van der Waals surface area contributed by atoms with Crippen molar-refractivity contribution in [1.82, 2.24) is 5.32 Å². The van der Waals surface area contributed by atoms with Gasteiger partial charge >= 0.3 is 5.97 Å². The lowest BCUT2D eigenvalue weighted by atomic mass is 9.85. The molecule has 2 rings (SSSR count). The second-order valence-electron chi connectivity index (χ2n) is 6.19. The van der Waals surface area contributed by atoms with Gasteiger partial charge in [-0.2, -0.15) is 0 Å². The van der Waals surface area contributed by atoms with Crippen LogP contribution in [0, 0.1) is 11.8 Å². The Balaban J connectivity index is 2.03. The largest absolute Gasteiger partial charge is 0.480 e. The van der Waals surface area contributed by atoms with Gasteiger partial charge in [-0.1, -0.05) is 25.2 Å². The monoisotopic (exact) mass is 329 g/mol. The van der Waals surface area contributed by atoms with E-state index >= 15 is 0 Å². The summed E-state index contributed by atoms with van der Waals surface area (Å²) in [6.45, 7) is 1.70. The maximum absolute atomic E-state index is 12.0. The molecule has 0 heterocycles. The Hall–Kier alpha value is -2.32. The van der Waals surface area contributed by atoms with E-state index in [1.165, 1.54) is 0 Å². The molecule has 0 radical (unpaired) electrons. The molecule has 0 aromatic heterocycles. The number of rotatable bonds is 4. The summed E-state index contributed by atoms with van der Waals surface area (Å²) in [4.78, 5) is 23.0. The van der Waals surface area contributed by atoms with Crippen LogP contribution in [0.15, 0.2) is 24.3 Å². The molecule has 0 aliphatic heterocycles. The molecule has 1 saturated carbocycles. The summed E-state index contributed by atoms with van der Waals surface area (Å²) in [5, 5.41) is 21.8. The molecule has 24 heavy (non-hydrogen) atoms. The van der Waals surface area contributed by atoms with Crippen molar-refractivity contribution < 1.29 is 19.8 Å². The summed E-state index contributed by atoms with van der Waals surface area (Å²) in [5.74, 6) is 4.44. The summed E-state index contributed by atoms with van der Waals surface area (Å²) >= 11 is 0. The predicted molar refractivity (Wildman–Crippen MR) is 90.5 cm³/mol. The summed E-state index contributed by atoms with van der Waals surface area (Å²) < 4.78 is 0. The van der Waals surface area contributed by atoms with Gasteiger partial charge < -0.3 is 15.5 Å². The van der Waals surface area contributed by atoms with E-state index in [4.69, 9.17) is 5.11 Å². The number of carbonyl (C=O) groups excluding carboxylic acids is 1. The molecule has 1 amide bonds. The number of amides is 1. The maximum Gasteiger partial charge on any atom is 0.326 e. The van der Waals surface area contributed by atoms with Crippen LogP contribution in [0.4, 0.5) is 0 Å². The molecule has 5 heteroatoms. The van der Waals surface area contributed by atoms with Crippen LogP contribution in [0.2, 0.25) is 0 Å². The Morgan fingerprint density at radius 1 is 1.21 bits per heavy atom. The third-order valence-corrected chi connectivity index (χ3v) is 4.28. The van der Waals surface area contributed by atoms with Gasteiger partial charge in [0, 0.05) is 11.1 Å². The number of aliphatic hydroxyl groups is 1.